The maximum atomic E-state index is 2.49. The quantitative estimate of drug-likeness (QED) is 0.154. The molecule has 0 saturated carbocycles. The second-order valence-electron chi connectivity index (χ2n) is 16.4. The van der Waals surface area contributed by atoms with Gasteiger partial charge in [-0.2, -0.15) is 0 Å². The molecule has 2 heteroatoms. The molecule has 0 atom stereocenters. The fraction of sp³-hybridized carbons (Fsp3) is 0. The Kier molecular flexibility index (Phi) is 7.64. The van der Waals surface area contributed by atoms with Gasteiger partial charge < -0.3 is 9.13 Å². The van der Waals surface area contributed by atoms with Crippen molar-refractivity contribution in [2.45, 2.75) is 0 Å². The Bertz CT molecular complexity index is 3690. The van der Waals surface area contributed by atoms with E-state index in [9.17, 15) is 0 Å². The summed E-state index contributed by atoms with van der Waals surface area (Å²) in [7, 11) is 0. The highest BCUT2D eigenvalue weighted by atomic mass is 15.0. The van der Waals surface area contributed by atoms with E-state index in [2.05, 4.69) is 240 Å². The topological polar surface area (TPSA) is 9.86 Å². The first-order chi connectivity index (χ1) is 30.8. The van der Waals surface area contributed by atoms with Crippen LogP contribution in [0, 0.1) is 0 Å². The van der Waals surface area contributed by atoms with Crippen LogP contribution in [0.25, 0.3) is 121 Å². The zero-order chi connectivity index (χ0) is 40.7. The van der Waals surface area contributed by atoms with Crippen molar-refractivity contribution in [2.75, 3.05) is 0 Å². The third kappa shape index (κ3) is 5.11. The summed E-state index contributed by atoms with van der Waals surface area (Å²) in [5.74, 6) is 0. The second-order valence-corrected chi connectivity index (χ2v) is 16.4. The largest absolute Gasteiger partial charge is 0.309 e. The highest BCUT2D eigenvalue weighted by molar-refractivity contribution is 6.25. The molecule has 0 aliphatic rings. The van der Waals surface area contributed by atoms with Gasteiger partial charge in [-0.25, -0.2) is 0 Å². The van der Waals surface area contributed by atoms with E-state index < -0.39 is 0 Å². The molecule has 0 radical (unpaired) electrons. The standard InChI is InChI=1S/C60H38N2/c1-3-19-42(20-4-1)61-54-31-11-9-23-50(54)59-46(29-15-33-56(59)61)44-25-13-27-48-52(44)38-53-45(26-14-28-49(53)58(48)41-36-35-39-17-7-8-18-40(39)37-41)47-30-16-34-57-60(47)51-24-10-12-32-55(51)62(57)43-21-5-2-6-22-43/h1-38H. The van der Waals surface area contributed by atoms with E-state index in [0.29, 0.717) is 0 Å². The molecule has 0 fully saturated rings. The van der Waals surface area contributed by atoms with Gasteiger partial charge in [-0.1, -0.05) is 170 Å². The van der Waals surface area contributed by atoms with Crippen molar-refractivity contribution < 1.29 is 0 Å². The van der Waals surface area contributed by atoms with Gasteiger partial charge in [-0.15, -0.1) is 0 Å². The average molecular weight is 787 g/mol. The number of rotatable bonds is 5. The summed E-state index contributed by atoms with van der Waals surface area (Å²) < 4.78 is 4.83. The number of hydrogen-bond donors (Lipinski definition) is 0. The molecule has 2 heterocycles. The second kappa shape index (κ2) is 13.7. The molecule has 2 nitrogen and oxygen atoms in total. The molecule has 11 aromatic carbocycles. The van der Waals surface area contributed by atoms with E-state index >= 15 is 0 Å². The molecule has 2 aromatic heterocycles. The maximum Gasteiger partial charge on any atom is 0.0547 e. The van der Waals surface area contributed by atoms with E-state index in [1.54, 1.807) is 0 Å². The lowest BCUT2D eigenvalue weighted by molar-refractivity contribution is 1.18. The average Bonchev–Trinajstić information content (AvgIpc) is 3.87. The number of benzene rings is 11. The van der Waals surface area contributed by atoms with Crippen LogP contribution in [-0.2, 0) is 0 Å². The first-order valence-electron chi connectivity index (χ1n) is 21.4. The Morgan fingerprint density at radius 2 is 0.661 bits per heavy atom. The van der Waals surface area contributed by atoms with Crippen LogP contribution in [0.2, 0.25) is 0 Å². The highest BCUT2D eigenvalue weighted by Crippen LogP contribution is 2.48. The molecule has 0 spiro atoms. The fourth-order valence-corrected chi connectivity index (χ4v) is 10.5. The normalized spacial score (nSPS) is 11.9. The van der Waals surface area contributed by atoms with E-state index in [1.165, 1.54) is 109 Å². The molecule has 0 aliphatic carbocycles. The first kappa shape index (κ1) is 34.6. The molecule has 0 aliphatic heterocycles. The van der Waals surface area contributed by atoms with E-state index in [1.807, 2.05) is 0 Å². The Hall–Kier alpha value is -8.20. The maximum absolute atomic E-state index is 2.49. The number of hydrogen-bond acceptors (Lipinski definition) is 0. The zero-order valence-electron chi connectivity index (χ0n) is 33.8. The van der Waals surface area contributed by atoms with Crippen LogP contribution in [-0.4, -0.2) is 9.13 Å². The van der Waals surface area contributed by atoms with Gasteiger partial charge in [0.2, 0.25) is 0 Å². The number of para-hydroxylation sites is 4. The van der Waals surface area contributed by atoms with Crippen LogP contribution < -0.4 is 0 Å². The first-order valence-corrected chi connectivity index (χ1v) is 21.4. The third-order valence-corrected chi connectivity index (χ3v) is 13.1. The van der Waals surface area contributed by atoms with Crippen LogP contribution in [0.5, 0.6) is 0 Å². The van der Waals surface area contributed by atoms with Crippen LogP contribution in [0.3, 0.4) is 0 Å². The number of fused-ring (bicyclic) bond motifs is 9. The summed E-state index contributed by atoms with van der Waals surface area (Å²) in [6, 6.07) is 84.9. The molecule has 13 aromatic rings. The summed E-state index contributed by atoms with van der Waals surface area (Å²) >= 11 is 0. The summed E-state index contributed by atoms with van der Waals surface area (Å²) in [5.41, 5.74) is 14.5. The van der Waals surface area contributed by atoms with Gasteiger partial charge in [-0.3, -0.25) is 0 Å². The minimum Gasteiger partial charge on any atom is -0.309 e. The Labute approximate surface area is 358 Å². The monoisotopic (exact) mass is 786 g/mol. The van der Waals surface area contributed by atoms with E-state index in [4.69, 9.17) is 0 Å². The van der Waals surface area contributed by atoms with Gasteiger partial charge in [0.25, 0.3) is 0 Å². The Balaban J connectivity index is 1.16. The van der Waals surface area contributed by atoms with Gasteiger partial charge in [0.05, 0.1) is 22.1 Å². The summed E-state index contributed by atoms with van der Waals surface area (Å²) in [4.78, 5) is 0. The van der Waals surface area contributed by atoms with Crippen molar-refractivity contribution in [1.82, 2.24) is 9.13 Å². The van der Waals surface area contributed by atoms with Gasteiger partial charge in [0.15, 0.2) is 0 Å². The lowest BCUT2D eigenvalue weighted by Gasteiger charge is -2.18. The Morgan fingerprint density at radius 3 is 1.21 bits per heavy atom. The summed E-state index contributed by atoms with van der Waals surface area (Å²) in [5, 5.41) is 12.4. The number of nitrogens with zero attached hydrogens (tertiary/aromatic N) is 2. The lowest BCUT2D eigenvalue weighted by atomic mass is 9.85. The molecule has 0 saturated heterocycles. The van der Waals surface area contributed by atoms with Crippen molar-refractivity contribution >= 4 is 75.9 Å². The summed E-state index contributed by atoms with van der Waals surface area (Å²) in [6.07, 6.45) is 0. The van der Waals surface area contributed by atoms with Gasteiger partial charge in [0.1, 0.15) is 0 Å². The van der Waals surface area contributed by atoms with Crippen molar-refractivity contribution in [1.29, 1.82) is 0 Å². The van der Waals surface area contributed by atoms with Crippen molar-refractivity contribution in [3.63, 3.8) is 0 Å². The molecular formula is C60H38N2. The molecule has 0 amide bonds. The number of aromatic nitrogens is 2. The minimum absolute atomic E-state index is 1.16. The van der Waals surface area contributed by atoms with Crippen molar-refractivity contribution in [3.8, 4) is 44.8 Å². The molecule has 0 N–H and O–H groups in total. The van der Waals surface area contributed by atoms with E-state index in [-0.39, 0.29) is 0 Å². The predicted octanol–water partition coefficient (Wildman–Crippen LogP) is 16.3. The van der Waals surface area contributed by atoms with Crippen molar-refractivity contribution in [3.05, 3.63) is 231 Å². The smallest absolute Gasteiger partial charge is 0.0547 e. The SMILES string of the molecule is c1ccc(-n2c3ccccc3c3c(-c4cccc5c(-c6ccc7ccccc7c6)c6cccc(-c7cccc8c7c7ccccc7n8-c7ccccc7)c6cc45)cccc32)cc1. The predicted molar refractivity (Wildman–Crippen MR) is 264 cm³/mol. The molecule has 0 bridgehead atoms. The van der Waals surface area contributed by atoms with Crippen LogP contribution >= 0.6 is 0 Å². The minimum atomic E-state index is 1.16. The fourth-order valence-electron chi connectivity index (χ4n) is 10.5. The zero-order valence-corrected chi connectivity index (χ0v) is 33.8. The molecule has 288 valence electrons. The highest BCUT2D eigenvalue weighted by Gasteiger charge is 2.22. The molecule has 62 heavy (non-hydrogen) atoms. The van der Waals surface area contributed by atoms with Crippen molar-refractivity contribution in [2.24, 2.45) is 0 Å². The van der Waals surface area contributed by atoms with Crippen LogP contribution in [0.1, 0.15) is 0 Å². The molecular weight excluding hydrogens is 749 g/mol. The van der Waals surface area contributed by atoms with Gasteiger partial charge in [-0.05, 0) is 126 Å². The molecule has 13 rings (SSSR count). The molecule has 0 unspecified atom stereocenters. The van der Waals surface area contributed by atoms with Gasteiger partial charge >= 0.3 is 0 Å². The van der Waals surface area contributed by atoms with Crippen LogP contribution in [0.4, 0.5) is 0 Å². The third-order valence-electron chi connectivity index (χ3n) is 13.1. The summed E-state index contributed by atoms with van der Waals surface area (Å²) in [6.45, 7) is 0. The van der Waals surface area contributed by atoms with E-state index in [0.717, 1.165) is 11.4 Å². The van der Waals surface area contributed by atoms with Crippen LogP contribution in [0.15, 0.2) is 231 Å². The lowest BCUT2D eigenvalue weighted by Crippen LogP contribution is -1.94. The van der Waals surface area contributed by atoms with Gasteiger partial charge in [0, 0.05) is 32.9 Å². The Morgan fingerprint density at radius 1 is 0.242 bits per heavy atom.